The molecule has 0 saturated carbocycles. The van der Waals surface area contributed by atoms with Crippen molar-refractivity contribution in [2.75, 3.05) is 24.6 Å². The molecule has 22 heavy (non-hydrogen) atoms. The first kappa shape index (κ1) is 14.8. The van der Waals surface area contributed by atoms with Gasteiger partial charge in [-0.15, -0.1) is 0 Å². The van der Waals surface area contributed by atoms with E-state index in [4.69, 9.17) is 4.74 Å². The summed E-state index contributed by atoms with van der Waals surface area (Å²) < 4.78 is 5.88. The highest BCUT2D eigenvalue weighted by Gasteiger charge is 2.21. The van der Waals surface area contributed by atoms with Crippen LogP contribution in [-0.2, 0) is 0 Å². The summed E-state index contributed by atoms with van der Waals surface area (Å²) in [5.74, 6) is 2.34. The maximum atomic E-state index is 5.88. The zero-order valence-corrected chi connectivity index (χ0v) is 13.3. The van der Waals surface area contributed by atoms with Gasteiger partial charge in [0.2, 0.25) is 5.88 Å². The number of ether oxygens (including phenoxy) is 1. The standard InChI is InChI=1S/C18H23N3O/c1-14-8-9-19-17(11-14)21-10-4-6-16(12-21)13-22-18-7-3-5-15(2)20-18/h3,5,7-9,11,16H,4,6,10,12-13H2,1-2H3. The second-order valence-electron chi connectivity index (χ2n) is 6.07. The molecule has 116 valence electrons. The molecule has 0 amide bonds. The largest absolute Gasteiger partial charge is 0.477 e. The molecule has 1 saturated heterocycles. The highest BCUT2D eigenvalue weighted by molar-refractivity contribution is 5.41. The molecule has 0 N–H and O–H groups in total. The van der Waals surface area contributed by atoms with Crippen LogP contribution in [0.3, 0.4) is 0 Å². The van der Waals surface area contributed by atoms with E-state index in [0.29, 0.717) is 5.92 Å². The fourth-order valence-electron chi connectivity index (χ4n) is 2.90. The average molecular weight is 297 g/mol. The van der Waals surface area contributed by atoms with Crippen LogP contribution in [0.5, 0.6) is 5.88 Å². The van der Waals surface area contributed by atoms with Crippen molar-refractivity contribution in [2.24, 2.45) is 5.92 Å². The molecule has 0 aliphatic carbocycles. The van der Waals surface area contributed by atoms with E-state index < -0.39 is 0 Å². The van der Waals surface area contributed by atoms with Crippen LogP contribution < -0.4 is 9.64 Å². The van der Waals surface area contributed by atoms with Crippen molar-refractivity contribution in [3.8, 4) is 5.88 Å². The Morgan fingerprint density at radius 1 is 1.27 bits per heavy atom. The first-order valence-electron chi connectivity index (χ1n) is 7.95. The second-order valence-corrected chi connectivity index (χ2v) is 6.07. The van der Waals surface area contributed by atoms with Crippen molar-refractivity contribution in [1.82, 2.24) is 9.97 Å². The van der Waals surface area contributed by atoms with Crippen LogP contribution in [0.1, 0.15) is 24.1 Å². The molecule has 4 heteroatoms. The lowest BCUT2D eigenvalue weighted by atomic mass is 9.99. The minimum atomic E-state index is 0.526. The summed E-state index contributed by atoms with van der Waals surface area (Å²) in [6, 6.07) is 10.1. The highest BCUT2D eigenvalue weighted by atomic mass is 16.5. The Balaban J connectivity index is 1.59. The molecular weight excluding hydrogens is 274 g/mol. The predicted octanol–water partition coefficient (Wildman–Crippen LogP) is 3.39. The van der Waals surface area contributed by atoms with Crippen molar-refractivity contribution in [3.63, 3.8) is 0 Å². The van der Waals surface area contributed by atoms with Crippen LogP contribution >= 0.6 is 0 Å². The summed E-state index contributed by atoms with van der Waals surface area (Å²) in [4.78, 5) is 11.3. The summed E-state index contributed by atoms with van der Waals surface area (Å²) >= 11 is 0. The van der Waals surface area contributed by atoms with Crippen molar-refractivity contribution < 1.29 is 4.74 Å². The van der Waals surface area contributed by atoms with Gasteiger partial charge in [-0.05, 0) is 50.5 Å². The molecule has 4 nitrogen and oxygen atoms in total. The van der Waals surface area contributed by atoms with Crippen molar-refractivity contribution in [2.45, 2.75) is 26.7 Å². The van der Waals surface area contributed by atoms with E-state index in [1.807, 2.05) is 37.4 Å². The second kappa shape index (κ2) is 6.77. The molecule has 1 unspecified atom stereocenters. The van der Waals surface area contributed by atoms with Gasteiger partial charge in [-0.1, -0.05) is 6.07 Å². The molecule has 0 spiro atoms. The average Bonchev–Trinajstić information content (AvgIpc) is 2.53. The van der Waals surface area contributed by atoms with Crippen LogP contribution in [-0.4, -0.2) is 29.7 Å². The van der Waals surface area contributed by atoms with E-state index in [1.54, 1.807) is 0 Å². The van der Waals surface area contributed by atoms with E-state index >= 15 is 0 Å². The molecule has 0 radical (unpaired) electrons. The minimum Gasteiger partial charge on any atom is -0.477 e. The maximum absolute atomic E-state index is 5.88. The number of rotatable bonds is 4. The van der Waals surface area contributed by atoms with Gasteiger partial charge in [0.05, 0.1) is 6.61 Å². The summed E-state index contributed by atoms with van der Waals surface area (Å²) in [6.45, 7) is 6.90. The number of anilines is 1. The van der Waals surface area contributed by atoms with Gasteiger partial charge < -0.3 is 9.64 Å². The summed E-state index contributed by atoms with van der Waals surface area (Å²) in [5, 5.41) is 0. The molecule has 1 fully saturated rings. The van der Waals surface area contributed by atoms with Crippen LogP contribution in [0.25, 0.3) is 0 Å². The molecule has 2 aromatic rings. The smallest absolute Gasteiger partial charge is 0.213 e. The van der Waals surface area contributed by atoms with Crippen molar-refractivity contribution >= 4 is 5.82 Å². The Kier molecular flexibility index (Phi) is 4.56. The number of aryl methyl sites for hydroxylation is 2. The van der Waals surface area contributed by atoms with Crippen LogP contribution in [0.15, 0.2) is 36.5 Å². The lowest BCUT2D eigenvalue weighted by Gasteiger charge is -2.33. The minimum absolute atomic E-state index is 0.526. The Bertz CT molecular complexity index is 629. The van der Waals surface area contributed by atoms with Gasteiger partial charge in [-0.25, -0.2) is 9.97 Å². The zero-order valence-electron chi connectivity index (χ0n) is 13.3. The molecular formula is C18H23N3O. The van der Waals surface area contributed by atoms with E-state index in [9.17, 15) is 0 Å². The summed E-state index contributed by atoms with van der Waals surface area (Å²) in [7, 11) is 0. The van der Waals surface area contributed by atoms with Crippen LogP contribution in [0.2, 0.25) is 0 Å². The third-order valence-electron chi connectivity index (χ3n) is 4.07. The van der Waals surface area contributed by atoms with Gasteiger partial charge in [0, 0.05) is 37.0 Å². The van der Waals surface area contributed by atoms with E-state index in [2.05, 4.69) is 27.9 Å². The van der Waals surface area contributed by atoms with Gasteiger partial charge >= 0.3 is 0 Å². The van der Waals surface area contributed by atoms with Gasteiger partial charge in [0.25, 0.3) is 0 Å². The number of nitrogens with zero attached hydrogens (tertiary/aromatic N) is 3. The van der Waals surface area contributed by atoms with Crippen LogP contribution in [0.4, 0.5) is 5.82 Å². The molecule has 3 heterocycles. The first-order chi connectivity index (χ1) is 10.7. The monoisotopic (exact) mass is 297 g/mol. The lowest BCUT2D eigenvalue weighted by molar-refractivity contribution is 0.221. The Morgan fingerprint density at radius 2 is 2.18 bits per heavy atom. The third-order valence-corrected chi connectivity index (χ3v) is 4.07. The number of aromatic nitrogens is 2. The molecule has 3 rings (SSSR count). The molecule has 1 atom stereocenters. The van der Waals surface area contributed by atoms with Gasteiger partial charge in [-0.3, -0.25) is 0 Å². The topological polar surface area (TPSA) is 38.2 Å². The molecule has 0 bridgehead atoms. The fourth-order valence-corrected chi connectivity index (χ4v) is 2.90. The molecule has 0 aromatic carbocycles. The Labute approximate surface area is 132 Å². The Morgan fingerprint density at radius 3 is 3.00 bits per heavy atom. The normalized spacial score (nSPS) is 18.3. The third kappa shape index (κ3) is 3.75. The van der Waals surface area contributed by atoms with Crippen molar-refractivity contribution in [1.29, 1.82) is 0 Å². The summed E-state index contributed by atoms with van der Waals surface area (Å²) in [6.07, 6.45) is 4.28. The van der Waals surface area contributed by atoms with Crippen LogP contribution in [0, 0.1) is 19.8 Å². The molecule has 1 aliphatic rings. The zero-order chi connectivity index (χ0) is 15.4. The quantitative estimate of drug-likeness (QED) is 0.867. The van der Waals surface area contributed by atoms with Gasteiger partial charge in [0.15, 0.2) is 0 Å². The van der Waals surface area contributed by atoms with Gasteiger partial charge in [0.1, 0.15) is 5.82 Å². The Hall–Kier alpha value is -2.10. The highest BCUT2D eigenvalue weighted by Crippen LogP contribution is 2.22. The number of piperidine rings is 1. The first-order valence-corrected chi connectivity index (χ1v) is 7.95. The lowest BCUT2D eigenvalue weighted by Crippen LogP contribution is -2.38. The van der Waals surface area contributed by atoms with Crippen molar-refractivity contribution in [3.05, 3.63) is 47.8 Å². The SMILES string of the molecule is Cc1ccnc(N2CCCC(COc3cccc(C)n3)C2)c1. The number of pyridine rings is 2. The molecule has 1 aliphatic heterocycles. The van der Waals surface area contributed by atoms with E-state index in [1.165, 1.54) is 18.4 Å². The number of hydrogen-bond acceptors (Lipinski definition) is 4. The van der Waals surface area contributed by atoms with E-state index in [0.717, 1.165) is 37.1 Å². The van der Waals surface area contributed by atoms with Gasteiger partial charge in [-0.2, -0.15) is 0 Å². The molecule has 2 aromatic heterocycles. The predicted molar refractivity (Wildman–Crippen MR) is 88.4 cm³/mol. The maximum Gasteiger partial charge on any atom is 0.213 e. The number of hydrogen-bond donors (Lipinski definition) is 0. The van der Waals surface area contributed by atoms with E-state index in [-0.39, 0.29) is 0 Å². The fraction of sp³-hybridized carbons (Fsp3) is 0.444. The summed E-state index contributed by atoms with van der Waals surface area (Å²) in [5.41, 5.74) is 2.25.